The number of aliphatic hydroxyl groups is 1. The van der Waals surface area contributed by atoms with Crippen LogP contribution in [0, 0.1) is 5.92 Å². The van der Waals surface area contributed by atoms with E-state index < -0.39 is 5.60 Å². The number of hydrogen-bond donors (Lipinski definition) is 1. The van der Waals surface area contributed by atoms with Crippen LogP contribution in [0.25, 0.3) is 10.1 Å². The SMILES string of the molecule is CC(C)C(C)(O)Cc1csc2ccccc12. The van der Waals surface area contributed by atoms with Crippen LogP contribution in [0.5, 0.6) is 0 Å². The molecule has 1 aromatic heterocycles. The molecule has 1 heterocycles. The highest BCUT2D eigenvalue weighted by atomic mass is 32.1. The molecule has 0 aliphatic rings. The average Bonchev–Trinajstić information content (AvgIpc) is 2.61. The second kappa shape index (κ2) is 4.19. The average molecular weight is 234 g/mol. The quantitative estimate of drug-likeness (QED) is 0.855. The summed E-state index contributed by atoms with van der Waals surface area (Å²) < 4.78 is 1.30. The normalized spacial score (nSPS) is 15.6. The summed E-state index contributed by atoms with van der Waals surface area (Å²) in [4.78, 5) is 0. The van der Waals surface area contributed by atoms with Gasteiger partial charge in [-0.3, -0.25) is 0 Å². The van der Waals surface area contributed by atoms with Gasteiger partial charge < -0.3 is 5.11 Å². The first kappa shape index (κ1) is 11.6. The van der Waals surface area contributed by atoms with Crippen molar-refractivity contribution in [2.45, 2.75) is 32.8 Å². The predicted octanol–water partition coefficient (Wildman–Crippen LogP) is 3.85. The van der Waals surface area contributed by atoms with Crippen LogP contribution >= 0.6 is 11.3 Å². The van der Waals surface area contributed by atoms with Crippen molar-refractivity contribution in [1.82, 2.24) is 0 Å². The van der Waals surface area contributed by atoms with Gasteiger partial charge in [0, 0.05) is 11.1 Å². The Morgan fingerprint density at radius 1 is 1.31 bits per heavy atom. The van der Waals surface area contributed by atoms with Gasteiger partial charge in [0.05, 0.1) is 5.60 Å². The maximum absolute atomic E-state index is 10.3. The Morgan fingerprint density at radius 2 is 2.00 bits per heavy atom. The lowest BCUT2D eigenvalue weighted by Gasteiger charge is -2.27. The molecule has 0 bridgehead atoms. The van der Waals surface area contributed by atoms with Crippen molar-refractivity contribution in [1.29, 1.82) is 0 Å². The summed E-state index contributed by atoms with van der Waals surface area (Å²) in [6.07, 6.45) is 0.731. The minimum atomic E-state index is -0.621. The second-order valence-electron chi connectivity index (χ2n) is 4.95. The van der Waals surface area contributed by atoms with Crippen molar-refractivity contribution in [3.8, 4) is 0 Å². The highest BCUT2D eigenvalue weighted by Gasteiger charge is 2.26. The van der Waals surface area contributed by atoms with Crippen LogP contribution in [0.3, 0.4) is 0 Å². The zero-order chi connectivity index (χ0) is 11.8. The lowest BCUT2D eigenvalue weighted by atomic mass is 9.86. The molecule has 16 heavy (non-hydrogen) atoms. The van der Waals surface area contributed by atoms with E-state index in [1.165, 1.54) is 15.6 Å². The number of rotatable bonds is 3. The van der Waals surface area contributed by atoms with Crippen LogP contribution in [-0.4, -0.2) is 10.7 Å². The van der Waals surface area contributed by atoms with Crippen molar-refractivity contribution in [2.75, 3.05) is 0 Å². The number of benzene rings is 1. The van der Waals surface area contributed by atoms with Crippen LogP contribution < -0.4 is 0 Å². The Bertz CT molecular complexity index is 482. The Kier molecular flexibility index (Phi) is 3.04. The van der Waals surface area contributed by atoms with E-state index >= 15 is 0 Å². The molecule has 0 aliphatic heterocycles. The van der Waals surface area contributed by atoms with Gasteiger partial charge >= 0.3 is 0 Å². The standard InChI is InChI=1S/C14H18OS/c1-10(2)14(3,15)8-11-9-16-13-7-5-4-6-12(11)13/h4-7,9-10,15H,8H2,1-3H3. The van der Waals surface area contributed by atoms with E-state index in [9.17, 15) is 5.11 Å². The maximum Gasteiger partial charge on any atom is 0.0683 e. The topological polar surface area (TPSA) is 20.2 Å². The summed E-state index contributed by atoms with van der Waals surface area (Å²) in [5.74, 6) is 0.270. The van der Waals surface area contributed by atoms with Gasteiger partial charge in [0.25, 0.3) is 0 Å². The van der Waals surface area contributed by atoms with Gasteiger partial charge in [-0.2, -0.15) is 0 Å². The van der Waals surface area contributed by atoms with Crippen molar-refractivity contribution < 1.29 is 5.11 Å². The molecule has 2 aromatic rings. The first-order valence-electron chi connectivity index (χ1n) is 5.68. The molecule has 0 aliphatic carbocycles. The fourth-order valence-electron chi connectivity index (χ4n) is 1.76. The molecule has 2 heteroatoms. The monoisotopic (exact) mass is 234 g/mol. The summed E-state index contributed by atoms with van der Waals surface area (Å²) >= 11 is 1.76. The van der Waals surface area contributed by atoms with Crippen molar-refractivity contribution in [2.24, 2.45) is 5.92 Å². The highest BCUT2D eigenvalue weighted by molar-refractivity contribution is 7.17. The van der Waals surface area contributed by atoms with Crippen molar-refractivity contribution in [3.05, 3.63) is 35.2 Å². The van der Waals surface area contributed by atoms with Gasteiger partial charge in [-0.15, -0.1) is 11.3 Å². The molecule has 1 atom stereocenters. The fraction of sp³-hybridized carbons (Fsp3) is 0.429. The maximum atomic E-state index is 10.3. The van der Waals surface area contributed by atoms with E-state index in [1.54, 1.807) is 11.3 Å². The summed E-state index contributed by atoms with van der Waals surface area (Å²) in [5, 5.41) is 13.8. The molecule has 0 amide bonds. The first-order chi connectivity index (χ1) is 7.50. The molecule has 1 unspecified atom stereocenters. The van der Waals surface area contributed by atoms with Crippen molar-refractivity contribution >= 4 is 21.4 Å². The third kappa shape index (κ3) is 2.13. The number of thiophene rings is 1. The molecule has 1 N–H and O–H groups in total. The molecular formula is C14H18OS. The smallest absolute Gasteiger partial charge is 0.0683 e. The predicted molar refractivity (Wildman–Crippen MR) is 71.0 cm³/mol. The fourth-order valence-corrected chi connectivity index (χ4v) is 2.72. The number of fused-ring (bicyclic) bond motifs is 1. The Balaban J connectivity index is 2.35. The Morgan fingerprint density at radius 3 is 2.69 bits per heavy atom. The van der Waals surface area contributed by atoms with E-state index in [2.05, 4.69) is 43.5 Å². The minimum Gasteiger partial charge on any atom is -0.390 e. The van der Waals surface area contributed by atoms with Gasteiger partial charge in [-0.25, -0.2) is 0 Å². The van der Waals surface area contributed by atoms with Crippen molar-refractivity contribution in [3.63, 3.8) is 0 Å². The van der Waals surface area contributed by atoms with Crippen LogP contribution in [0.2, 0.25) is 0 Å². The molecule has 1 aromatic carbocycles. The lowest BCUT2D eigenvalue weighted by Crippen LogP contribution is -2.33. The highest BCUT2D eigenvalue weighted by Crippen LogP contribution is 2.30. The first-order valence-corrected chi connectivity index (χ1v) is 6.56. The summed E-state index contributed by atoms with van der Waals surface area (Å²) in [6.45, 7) is 6.05. The van der Waals surface area contributed by atoms with E-state index in [0.717, 1.165) is 6.42 Å². The van der Waals surface area contributed by atoms with E-state index in [-0.39, 0.29) is 5.92 Å². The molecule has 1 nitrogen and oxygen atoms in total. The molecule has 0 radical (unpaired) electrons. The Hall–Kier alpha value is -0.860. The minimum absolute atomic E-state index is 0.270. The van der Waals surface area contributed by atoms with E-state index in [0.29, 0.717) is 0 Å². The molecule has 0 saturated heterocycles. The van der Waals surface area contributed by atoms with E-state index in [1.807, 2.05) is 6.92 Å². The lowest BCUT2D eigenvalue weighted by molar-refractivity contribution is 0.0143. The second-order valence-corrected chi connectivity index (χ2v) is 5.86. The van der Waals surface area contributed by atoms with Gasteiger partial charge in [-0.05, 0) is 35.2 Å². The summed E-state index contributed by atoms with van der Waals surface area (Å²) in [7, 11) is 0. The third-order valence-electron chi connectivity index (χ3n) is 3.35. The van der Waals surface area contributed by atoms with Crippen LogP contribution in [0.1, 0.15) is 26.3 Å². The van der Waals surface area contributed by atoms with Crippen LogP contribution in [0.4, 0.5) is 0 Å². The van der Waals surface area contributed by atoms with Gasteiger partial charge in [-0.1, -0.05) is 32.0 Å². The molecule has 86 valence electrons. The van der Waals surface area contributed by atoms with Gasteiger partial charge in [0.2, 0.25) is 0 Å². The molecular weight excluding hydrogens is 216 g/mol. The van der Waals surface area contributed by atoms with E-state index in [4.69, 9.17) is 0 Å². The third-order valence-corrected chi connectivity index (χ3v) is 4.37. The zero-order valence-corrected chi connectivity index (χ0v) is 10.8. The molecule has 0 saturated carbocycles. The molecule has 2 rings (SSSR count). The molecule has 0 spiro atoms. The largest absolute Gasteiger partial charge is 0.390 e. The molecule has 0 fully saturated rings. The van der Waals surface area contributed by atoms with Crippen LogP contribution in [0.15, 0.2) is 29.6 Å². The summed E-state index contributed by atoms with van der Waals surface area (Å²) in [6, 6.07) is 8.39. The summed E-state index contributed by atoms with van der Waals surface area (Å²) in [5.41, 5.74) is 0.642. The number of hydrogen-bond acceptors (Lipinski definition) is 2. The zero-order valence-electron chi connectivity index (χ0n) is 10.0. The van der Waals surface area contributed by atoms with Gasteiger partial charge in [0.1, 0.15) is 0 Å². The Labute approximate surface area is 101 Å². The van der Waals surface area contributed by atoms with Gasteiger partial charge in [0.15, 0.2) is 0 Å². The van der Waals surface area contributed by atoms with Crippen LogP contribution in [-0.2, 0) is 6.42 Å².